The number of aliphatic hydroxyl groups is 2. The number of aliphatic imine (C=N–C) groups is 1. The second-order valence-electron chi connectivity index (χ2n) is 6.52. The molecule has 0 aliphatic rings. The number of carbonyl (C=O) groups is 2. The molecule has 0 aromatic rings. The van der Waals surface area contributed by atoms with Crippen molar-refractivity contribution in [3.05, 3.63) is 0 Å². The van der Waals surface area contributed by atoms with Crippen LogP contribution in [0, 0.1) is 0 Å². The molecule has 2 atom stereocenters. The highest BCUT2D eigenvalue weighted by Gasteiger charge is 2.18. The van der Waals surface area contributed by atoms with Crippen LogP contribution in [0.4, 0.5) is 0 Å². The van der Waals surface area contributed by atoms with Gasteiger partial charge in [-0.25, -0.2) is 0 Å². The van der Waals surface area contributed by atoms with Gasteiger partial charge < -0.3 is 43.4 Å². The fourth-order valence-electron chi connectivity index (χ4n) is 2.33. The molecular weight excluding hydrogens is 473 g/mol. The topological polar surface area (TPSA) is 201 Å². The Morgan fingerprint density at radius 1 is 0.903 bits per heavy atom. The van der Waals surface area contributed by atoms with Crippen LogP contribution in [-0.4, -0.2) is 73.0 Å². The van der Waals surface area contributed by atoms with Gasteiger partial charge in [-0.15, -0.1) is 37.2 Å². The molecule has 14 heteroatoms. The summed E-state index contributed by atoms with van der Waals surface area (Å²) in [5.41, 5.74) is 15.8. The van der Waals surface area contributed by atoms with Gasteiger partial charge in [0.1, 0.15) is 0 Å². The predicted molar refractivity (Wildman–Crippen MR) is 130 cm³/mol. The molecule has 0 rings (SSSR count). The second-order valence-corrected chi connectivity index (χ2v) is 6.52. The van der Waals surface area contributed by atoms with Gasteiger partial charge in [-0.05, 0) is 58.2 Å². The van der Waals surface area contributed by atoms with E-state index in [4.69, 9.17) is 17.2 Å². The van der Waals surface area contributed by atoms with E-state index in [1.165, 1.54) is 0 Å². The zero-order valence-electron chi connectivity index (χ0n) is 17.8. The maximum Gasteiger partial charge on any atom is 0.269 e. The molecule has 1 unspecified atom stereocenters. The lowest BCUT2D eigenvalue weighted by molar-refractivity contribution is -0.137. The molecular formula is C17H40Cl3N7O4. The van der Waals surface area contributed by atoms with Gasteiger partial charge in [-0.1, -0.05) is 0 Å². The highest BCUT2D eigenvalue weighted by Crippen LogP contribution is 2.05. The van der Waals surface area contributed by atoms with E-state index in [1.807, 2.05) is 0 Å². The molecule has 0 saturated carbocycles. The lowest BCUT2D eigenvalue weighted by atomic mass is 10.1. The SMILES string of the molecule is Cl.Cl.Cl.NCCCNCCCCNC(=O)C(O)NC(=O)C[C@@H](O)CCCCN=C(N)N. The smallest absolute Gasteiger partial charge is 0.269 e. The van der Waals surface area contributed by atoms with Gasteiger partial charge in [0, 0.05) is 13.1 Å². The minimum absolute atomic E-state index is 0. The summed E-state index contributed by atoms with van der Waals surface area (Å²) >= 11 is 0. The van der Waals surface area contributed by atoms with Crippen molar-refractivity contribution < 1.29 is 19.8 Å². The molecule has 0 spiro atoms. The average Bonchev–Trinajstić information content (AvgIpc) is 2.62. The first-order valence-corrected chi connectivity index (χ1v) is 9.76. The van der Waals surface area contributed by atoms with Crippen LogP contribution in [0.1, 0.15) is 44.9 Å². The van der Waals surface area contributed by atoms with Crippen molar-refractivity contribution >= 4 is 55.0 Å². The predicted octanol–water partition coefficient (Wildman–Crippen LogP) is -1.28. The first kappa shape index (κ1) is 37.2. The second kappa shape index (κ2) is 25.2. The number of aliphatic hydroxyl groups excluding tert-OH is 2. The van der Waals surface area contributed by atoms with Gasteiger partial charge >= 0.3 is 0 Å². The Morgan fingerprint density at radius 3 is 2.13 bits per heavy atom. The number of hydrogen-bond donors (Lipinski definition) is 8. The number of rotatable bonds is 17. The fraction of sp³-hybridized carbons (Fsp3) is 0.824. The van der Waals surface area contributed by atoms with Crippen molar-refractivity contribution in [2.45, 2.75) is 57.3 Å². The minimum atomic E-state index is -1.63. The molecule has 0 radical (unpaired) electrons. The third-order valence-electron chi connectivity index (χ3n) is 3.84. The summed E-state index contributed by atoms with van der Waals surface area (Å²) in [4.78, 5) is 27.3. The summed E-state index contributed by atoms with van der Waals surface area (Å²) in [5.74, 6) is -1.24. The third-order valence-corrected chi connectivity index (χ3v) is 3.84. The number of nitrogens with one attached hydrogen (secondary N) is 3. The number of nitrogens with zero attached hydrogens (tertiary/aromatic N) is 1. The molecule has 31 heavy (non-hydrogen) atoms. The zero-order chi connectivity index (χ0) is 21.2. The molecule has 0 saturated heterocycles. The number of guanidine groups is 1. The molecule has 11 nitrogen and oxygen atoms in total. The van der Waals surface area contributed by atoms with Crippen molar-refractivity contribution in [1.82, 2.24) is 16.0 Å². The Bertz CT molecular complexity index is 473. The lowest BCUT2D eigenvalue weighted by Crippen LogP contribution is -2.47. The van der Waals surface area contributed by atoms with Crippen LogP contribution in [0.3, 0.4) is 0 Å². The van der Waals surface area contributed by atoms with Crippen LogP contribution in [0.5, 0.6) is 0 Å². The molecule has 0 bridgehead atoms. The highest BCUT2D eigenvalue weighted by molar-refractivity contribution is 5.86. The van der Waals surface area contributed by atoms with E-state index in [2.05, 4.69) is 20.9 Å². The number of hydrogen-bond acceptors (Lipinski definition) is 7. The molecule has 2 amide bonds. The molecule has 188 valence electrons. The van der Waals surface area contributed by atoms with Crippen LogP contribution in [0.2, 0.25) is 0 Å². The Labute approximate surface area is 203 Å². The van der Waals surface area contributed by atoms with E-state index in [-0.39, 0.29) is 49.6 Å². The first-order chi connectivity index (χ1) is 13.4. The number of unbranched alkanes of at least 4 members (excludes halogenated alkanes) is 2. The summed E-state index contributed by atoms with van der Waals surface area (Å²) in [5, 5.41) is 27.5. The fourth-order valence-corrected chi connectivity index (χ4v) is 2.33. The van der Waals surface area contributed by atoms with Crippen LogP contribution >= 0.6 is 37.2 Å². The molecule has 11 N–H and O–H groups in total. The Balaban J connectivity index is -0.00000121. The van der Waals surface area contributed by atoms with Crippen LogP contribution < -0.4 is 33.2 Å². The van der Waals surface area contributed by atoms with Gasteiger partial charge in [0.15, 0.2) is 5.96 Å². The Hall–Kier alpha value is -1.08. The van der Waals surface area contributed by atoms with Gasteiger partial charge in [0.05, 0.1) is 12.5 Å². The molecule has 0 aliphatic heterocycles. The van der Waals surface area contributed by atoms with E-state index in [1.54, 1.807) is 0 Å². The molecule has 0 fully saturated rings. The molecule has 0 heterocycles. The van der Waals surface area contributed by atoms with E-state index < -0.39 is 24.1 Å². The lowest BCUT2D eigenvalue weighted by Gasteiger charge is -2.15. The van der Waals surface area contributed by atoms with Gasteiger partial charge in [-0.3, -0.25) is 14.6 Å². The van der Waals surface area contributed by atoms with E-state index in [0.717, 1.165) is 32.4 Å². The van der Waals surface area contributed by atoms with Crippen molar-refractivity contribution in [3.8, 4) is 0 Å². The molecule has 0 aromatic heterocycles. The van der Waals surface area contributed by atoms with Crippen molar-refractivity contribution in [1.29, 1.82) is 0 Å². The van der Waals surface area contributed by atoms with Crippen molar-refractivity contribution in [2.24, 2.45) is 22.2 Å². The summed E-state index contributed by atoms with van der Waals surface area (Å²) in [6.45, 7) is 3.23. The highest BCUT2D eigenvalue weighted by atomic mass is 35.5. The van der Waals surface area contributed by atoms with Crippen LogP contribution in [0.15, 0.2) is 4.99 Å². The van der Waals surface area contributed by atoms with Gasteiger partial charge in [0.25, 0.3) is 5.91 Å². The standard InChI is InChI=1S/C17H37N7O4.3ClH/c18-7-5-9-21-8-3-4-10-22-15(27)16(28)24-14(26)12-13(25)6-1-2-11-23-17(19)20;;;/h13,16,21,25,28H,1-12,18H2,(H,22,27)(H,24,26)(H4,19,20,23);3*1H/t13-,16?;;;/m0.../s1. The summed E-state index contributed by atoms with van der Waals surface area (Å²) < 4.78 is 0. The minimum Gasteiger partial charge on any atom is -0.393 e. The number of carbonyl (C=O) groups excluding carboxylic acids is 2. The summed E-state index contributed by atoms with van der Waals surface area (Å²) in [7, 11) is 0. The zero-order valence-corrected chi connectivity index (χ0v) is 20.2. The molecule has 0 aliphatic carbocycles. The van der Waals surface area contributed by atoms with Crippen LogP contribution in [0.25, 0.3) is 0 Å². The van der Waals surface area contributed by atoms with E-state index in [0.29, 0.717) is 38.9 Å². The first-order valence-electron chi connectivity index (χ1n) is 9.76. The van der Waals surface area contributed by atoms with Gasteiger partial charge in [-0.2, -0.15) is 0 Å². The number of amides is 2. The molecule has 0 aromatic carbocycles. The number of halogens is 3. The Morgan fingerprint density at radius 2 is 1.52 bits per heavy atom. The monoisotopic (exact) mass is 511 g/mol. The van der Waals surface area contributed by atoms with Crippen molar-refractivity contribution in [3.63, 3.8) is 0 Å². The number of nitrogens with two attached hydrogens (primary N) is 3. The van der Waals surface area contributed by atoms with E-state index in [9.17, 15) is 19.8 Å². The van der Waals surface area contributed by atoms with Crippen LogP contribution in [-0.2, 0) is 9.59 Å². The average molecular weight is 513 g/mol. The van der Waals surface area contributed by atoms with Gasteiger partial charge in [0.2, 0.25) is 12.1 Å². The van der Waals surface area contributed by atoms with Crippen molar-refractivity contribution in [2.75, 3.05) is 32.7 Å². The third kappa shape index (κ3) is 25.1. The maximum absolute atomic E-state index is 11.8. The quantitative estimate of drug-likeness (QED) is 0.0509. The normalized spacial score (nSPS) is 11.6. The maximum atomic E-state index is 11.8. The summed E-state index contributed by atoms with van der Waals surface area (Å²) in [6.07, 6.45) is 1.60. The largest absolute Gasteiger partial charge is 0.393 e. The summed E-state index contributed by atoms with van der Waals surface area (Å²) in [6, 6.07) is 0. The Kier molecular flexibility index (Phi) is 30.3. The van der Waals surface area contributed by atoms with E-state index >= 15 is 0 Å².